The molecule has 1 aromatic heterocycles. The van der Waals surface area contributed by atoms with Crippen LogP contribution in [-0.4, -0.2) is 52.8 Å². The molecule has 7 heteroatoms. The van der Waals surface area contributed by atoms with Crippen molar-refractivity contribution < 1.29 is 9.59 Å². The van der Waals surface area contributed by atoms with Gasteiger partial charge in [0, 0.05) is 50.6 Å². The summed E-state index contributed by atoms with van der Waals surface area (Å²) in [5.41, 5.74) is 1.69. The summed E-state index contributed by atoms with van der Waals surface area (Å²) in [6.07, 6.45) is 0. The maximum atomic E-state index is 12.4. The number of aromatic nitrogens is 1. The minimum Gasteiger partial charge on any atom is -0.336 e. The van der Waals surface area contributed by atoms with E-state index in [1.165, 1.54) is 18.3 Å². The largest absolute Gasteiger partial charge is 0.336 e. The van der Waals surface area contributed by atoms with Crippen molar-refractivity contribution in [1.29, 1.82) is 0 Å². The summed E-state index contributed by atoms with van der Waals surface area (Å²) in [7, 11) is 0. The average Bonchev–Trinajstić information content (AvgIpc) is 3.02. The topological polar surface area (TPSA) is 65.5 Å². The Kier molecular flexibility index (Phi) is 5.22. The molecule has 2 aromatic rings. The first kappa shape index (κ1) is 16.6. The summed E-state index contributed by atoms with van der Waals surface area (Å²) in [5.74, 6) is -0.0132. The molecule has 1 aliphatic heterocycles. The Bertz CT molecular complexity index is 708. The lowest BCUT2D eigenvalue weighted by Crippen LogP contribution is -2.48. The molecule has 1 fully saturated rings. The van der Waals surface area contributed by atoms with Crippen molar-refractivity contribution in [3.63, 3.8) is 0 Å². The van der Waals surface area contributed by atoms with Gasteiger partial charge in [-0.15, -0.1) is 11.3 Å². The average molecular weight is 344 g/mol. The van der Waals surface area contributed by atoms with E-state index in [1.807, 2.05) is 40.6 Å². The van der Waals surface area contributed by atoms with Crippen molar-refractivity contribution in [2.24, 2.45) is 0 Å². The predicted molar refractivity (Wildman–Crippen MR) is 94.0 cm³/mol. The highest BCUT2D eigenvalue weighted by Crippen LogP contribution is 2.17. The predicted octanol–water partition coefficient (Wildman–Crippen LogP) is 2.06. The first-order chi connectivity index (χ1) is 11.6. The van der Waals surface area contributed by atoms with E-state index in [2.05, 4.69) is 15.2 Å². The molecular formula is C17H20N4O2S. The molecule has 126 valence electrons. The Morgan fingerprint density at radius 1 is 1.17 bits per heavy atom. The summed E-state index contributed by atoms with van der Waals surface area (Å²) in [6.45, 7) is 5.30. The number of carbonyl (C=O) groups excluding carboxylic acids is 2. The normalized spacial score (nSPS) is 15.3. The van der Waals surface area contributed by atoms with Crippen molar-refractivity contribution >= 4 is 28.3 Å². The van der Waals surface area contributed by atoms with Gasteiger partial charge in [0.05, 0.1) is 5.69 Å². The highest BCUT2D eigenvalue weighted by atomic mass is 32.1. The Morgan fingerprint density at radius 3 is 2.54 bits per heavy atom. The number of piperazine rings is 1. The molecule has 1 saturated heterocycles. The van der Waals surface area contributed by atoms with Gasteiger partial charge >= 0.3 is 0 Å². The van der Waals surface area contributed by atoms with E-state index < -0.39 is 0 Å². The number of nitrogens with one attached hydrogen (secondary N) is 1. The molecule has 0 radical (unpaired) electrons. The van der Waals surface area contributed by atoms with Crippen LogP contribution < -0.4 is 5.32 Å². The monoisotopic (exact) mass is 344 g/mol. The van der Waals surface area contributed by atoms with Gasteiger partial charge < -0.3 is 10.2 Å². The van der Waals surface area contributed by atoms with Crippen LogP contribution >= 0.6 is 11.3 Å². The number of nitrogens with zero attached hydrogens (tertiary/aromatic N) is 3. The summed E-state index contributed by atoms with van der Waals surface area (Å²) in [4.78, 5) is 32.1. The van der Waals surface area contributed by atoms with E-state index in [0.717, 1.165) is 44.0 Å². The van der Waals surface area contributed by atoms with E-state index in [1.54, 1.807) is 0 Å². The SMILES string of the molecule is CC(=O)Nc1nc(CN2CCN(C(=O)c3ccccc3)CC2)cs1. The van der Waals surface area contributed by atoms with Gasteiger partial charge in [-0.3, -0.25) is 14.5 Å². The first-order valence-electron chi connectivity index (χ1n) is 7.90. The van der Waals surface area contributed by atoms with Crippen LogP contribution in [0.2, 0.25) is 0 Å². The van der Waals surface area contributed by atoms with Crippen LogP contribution in [0.5, 0.6) is 0 Å². The molecule has 0 atom stereocenters. The van der Waals surface area contributed by atoms with E-state index in [-0.39, 0.29) is 11.8 Å². The Hall–Kier alpha value is -2.25. The zero-order valence-electron chi connectivity index (χ0n) is 13.6. The Morgan fingerprint density at radius 2 is 1.88 bits per heavy atom. The third-order valence-electron chi connectivity index (χ3n) is 3.90. The summed E-state index contributed by atoms with van der Waals surface area (Å²) < 4.78 is 0. The minimum absolute atomic E-state index is 0.0943. The van der Waals surface area contributed by atoms with Crippen LogP contribution in [0.15, 0.2) is 35.7 Å². The minimum atomic E-state index is -0.107. The molecular weight excluding hydrogens is 324 g/mol. The number of thiazole rings is 1. The third-order valence-corrected chi connectivity index (χ3v) is 4.71. The van der Waals surface area contributed by atoms with Gasteiger partial charge in [-0.1, -0.05) is 18.2 Å². The fourth-order valence-electron chi connectivity index (χ4n) is 2.69. The Labute approximate surface area is 145 Å². The van der Waals surface area contributed by atoms with Gasteiger partial charge in [0.15, 0.2) is 5.13 Å². The zero-order chi connectivity index (χ0) is 16.9. The van der Waals surface area contributed by atoms with Crippen molar-refractivity contribution in [2.45, 2.75) is 13.5 Å². The first-order valence-corrected chi connectivity index (χ1v) is 8.78. The van der Waals surface area contributed by atoms with Gasteiger partial charge in [-0.05, 0) is 12.1 Å². The summed E-state index contributed by atoms with van der Waals surface area (Å²) in [6, 6.07) is 9.40. The van der Waals surface area contributed by atoms with Gasteiger partial charge in [-0.25, -0.2) is 4.98 Å². The molecule has 2 heterocycles. The lowest BCUT2D eigenvalue weighted by Gasteiger charge is -2.34. The lowest BCUT2D eigenvalue weighted by atomic mass is 10.2. The molecule has 24 heavy (non-hydrogen) atoms. The Balaban J connectivity index is 1.51. The number of anilines is 1. The number of hydrogen-bond donors (Lipinski definition) is 1. The maximum Gasteiger partial charge on any atom is 0.253 e. The molecule has 0 spiro atoms. The number of benzene rings is 1. The fraction of sp³-hybridized carbons (Fsp3) is 0.353. The number of carbonyl (C=O) groups is 2. The van der Waals surface area contributed by atoms with Crippen LogP contribution in [0.1, 0.15) is 23.0 Å². The smallest absolute Gasteiger partial charge is 0.253 e. The summed E-state index contributed by atoms with van der Waals surface area (Å²) in [5, 5.41) is 5.30. The van der Waals surface area contributed by atoms with Crippen LogP contribution in [0.3, 0.4) is 0 Å². The van der Waals surface area contributed by atoms with Gasteiger partial charge in [0.1, 0.15) is 0 Å². The zero-order valence-corrected chi connectivity index (χ0v) is 14.4. The second-order valence-electron chi connectivity index (χ2n) is 5.76. The highest BCUT2D eigenvalue weighted by Gasteiger charge is 2.22. The molecule has 0 aliphatic carbocycles. The second kappa shape index (κ2) is 7.55. The molecule has 0 unspecified atom stereocenters. The summed E-state index contributed by atoms with van der Waals surface area (Å²) >= 11 is 1.43. The highest BCUT2D eigenvalue weighted by molar-refractivity contribution is 7.13. The quantitative estimate of drug-likeness (QED) is 0.922. The van der Waals surface area contributed by atoms with E-state index in [0.29, 0.717) is 5.13 Å². The molecule has 0 bridgehead atoms. The van der Waals surface area contributed by atoms with Crippen LogP contribution in [0, 0.1) is 0 Å². The van der Waals surface area contributed by atoms with Gasteiger partial charge in [0.2, 0.25) is 5.91 Å². The number of hydrogen-bond acceptors (Lipinski definition) is 5. The van der Waals surface area contributed by atoms with Gasteiger partial charge in [0.25, 0.3) is 5.91 Å². The maximum absolute atomic E-state index is 12.4. The molecule has 1 aliphatic rings. The van der Waals surface area contributed by atoms with Crippen LogP contribution in [0.25, 0.3) is 0 Å². The van der Waals surface area contributed by atoms with Crippen LogP contribution in [-0.2, 0) is 11.3 Å². The molecule has 3 rings (SSSR count). The van der Waals surface area contributed by atoms with E-state index in [4.69, 9.17) is 0 Å². The molecule has 1 aromatic carbocycles. The second-order valence-corrected chi connectivity index (χ2v) is 6.62. The molecule has 2 amide bonds. The van der Waals surface area contributed by atoms with Crippen LogP contribution in [0.4, 0.5) is 5.13 Å². The molecule has 6 nitrogen and oxygen atoms in total. The molecule has 0 saturated carbocycles. The number of rotatable bonds is 4. The van der Waals surface area contributed by atoms with Crippen molar-refractivity contribution in [3.05, 3.63) is 47.0 Å². The lowest BCUT2D eigenvalue weighted by molar-refractivity contribution is -0.114. The van der Waals surface area contributed by atoms with E-state index in [9.17, 15) is 9.59 Å². The van der Waals surface area contributed by atoms with E-state index >= 15 is 0 Å². The standard InChI is InChI=1S/C17H20N4O2S/c1-13(22)18-17-19-15(12-24-17)11-20-7-9-21(10-8-20)16(23)14-5-3-2-4-6-14/h2-6,12H,7-11H2,1H3,(H,18,19,22). The van der Waals surface area contributed by atoms with Crippen molar-refractivity contribution in [1.82, 2.24) is 14.8 Å². The van der Waals surface area contributed by atoms with Crippen molar-refractivity contribution in [3.8, 4) is 0 Å². The number of amides is 2. The third kappa shape index (κ3) is 4.18. The van der Waals surface area contributed by atoms with Crippen molar-refractivity contribution in [2.75, 3.05) is 31.5 Å². The molecule has 1 N–H and O–H groups in total. The fourth-order valence-corrected chi connectivity index (χ4v) is 3.44. The van der Waals surface area contributed by atoms with Gasteiger partial charge in [-0.2, -0.15) is 0 Å².